The molecule has 1 N–H and O–H groups in total. The lowest BCUT2D eigenvalue weighted by Crippen LogP contribution is -2.43. The lowest BCUT2D eigenvalue weighted by Gasteiger charge is -2.35. The number of hydrogen-bond acceptors (Lipinski definition) is 1. The van der Waals surface area contributed by atoms with Crippen molar-refractivity contribution in [1.29, 1.82) is 0 Å². The lowest BCUT2D eigenvalue weighted by atomic mass is 9.88. The Labute approximate surface area is 67.4 Å². The standard InChI is InChI=1S/C10H13N/c1-8-7-11-10(8)9-5-3-2-4-6-9/h2-6,8,10-11H,7H2,1H3/t8-,10+/m1/s1. The fraction of sp³-hybridized carbons (Fsp3) is 0.400. The lowest BCUT2D eigenvalue weighted by molar-refractivity contribution is 0.258. The molecule has 1 fully saturated rings. The van der Waals surface area contributed by atoms with Crippen molar-refractivity contribution in [3.63, 3.8) is 0 Å². The van der Waals surface area contributed by atoms with Crippen molar-refractivity contribution < 1.29 is 0 Å². The highest BCUT2D eigenvalue weighted by Gasteiger charge is 2.26. The van der Waals surface area contributed by atoms with Crippen LogP contribution in [0.3, 0.4) is 0 Å². The van der Waals surface area contributed by atoms with E-state index in [9.17, 15) is 0 Å². The van der Waals surface area contributed by atoms with E-state index in [0.29, 0.717) is 6.04 Å². The maximum absolute atomic E-state index is 3.41. The molecule has 1 heteroatoms. The Bertz CT molecular complexity index is 230. The molecule has 11 heavy (non-hydrogen) atoms. The molecule has 1 saturated heterocycles. The van der Waals surface area contributed by atoms with Gasteiger partial charge in [0.15, 0.2) is 0 Å². The maximum atomic E-state index is 3.41. The van der Waals surface area contributed by atoms with Gasteiger partial charge in [0.25, 0.3) is 0 Å². The van der Waals surface area contributed by atoms with Crippen LogP contribution in [-0.4, -0.2) is 6.54 Å². The highest BCUT2D eigenvalue weighted by atomic mass is 15.0. The van der Waals surface area contributed by atoms with Crippen LogP contribution in [0.15, 0.2) is 30.3 Å². The van der Waals surface area contributed by atoms with Gasteiger partial charge in [-0.25, -0.2) is 0 Å². The minimum Gasteiger partial charge on any atom is -0.309 e. The first-order chi connectivity index (χ1) is 5.38. The second kappa shape index (κ2) is 2.67. The van der Waals surface area contributed by atoms with Gasteiger partial charge in [-0.1, -0.05) is 37.3 Å². The van der Waals surface area contributed by atoms with Crippen LogP contribution >= 0.6 is 0 Å². The third kappa shape index (κ3) is 1.16. The minimum absolute atomic E-state index is 0.608. The molecular formula is C10H13N. The van der Waals surface area contributed by atoms with Gasteiger partial charge in [-0.05, 0) is 11.5 Å². The Balaban J connectivity index is 2.17. The first-order valence-corrected chi connectivity index (χ1v) is 4.16. The summed E-state index contributed by atoms with van der Waals surface area (Å²) in [5, 5.41) is 3.41. The molecule has 58 valence electrons. The van der Waals surface area contributed by atoms with Gasteiger partial charge >= 0.3 is 0 Å². The molecule has 0 spiro atoms. The molecule has 1 aliphatic heterocycles. The maximum Gasteiger partial charge on any atom is 0.0358 e. The molecule has 1 aliphatic rings. The monoisotopic (exact) mass is 147 g/mol. The Morgan fingerprint density at radius 1 is 1.27 bits per heavy atom. The van der Waals surface area contributed by atoms with Gasteiger partial charge in [0.1, 0.15) is 0 Å². The molecule has 1 nitrogen and oxygen atoms in total. The zero-order valence-corrected chi connectivity index (χ0v) is 6.75. The van der Waals surface area contributed by atoms with Gasteiger partial charge < -0.3 is 5.32 Å². The average Bonchev–Trinajstić information content (AvgIpc) is 2.04. The smallest absolute Gasteiger partial charge is 0.0358 e. The molecular weight excluding hydrogens is 134 g/mol. The van der Waals surface area contributed by atoms with Crippen molar-refractivity contribution in [2.24, 2.45) is 5.92 Å². The predicted molar refractivity (Wildman–Crippen MR) is 46.3 cm³/mol. The predicted octanol–water partition coefficient (Wildman–Crippen LogP) is 1.97. The van der Waals surface area contributed by atoms with E-state index in [1.165, 1.54) is 12.1 Å². The Kier molecular flexibility index (Phi) is 1.66. The summed E-state index contributed by atoms with van der Waals surface area (Å²) >= 11 is 0. The van der Waals surface area contributed by atoms with Crippen LogP contribution in [0, 0.1) is 5.92 Å². The van der Waals surface area contributed by atoms with Crippen molar-refractivity contribution in [3.8, 4) is 0 Å². The second-order valence-electron chi connectivity index (χ2n) is 3.27. The van der Waals surface area contributed by atoms with Crippen molar-refractivity contribution in [3.05, 3.63) is 35.9 Å². The molecule has 0 saturated carbocycles. The van der Waals surface area contributed by atoms with Crippen LogP contribution in [-0.2, 0) is 0 Å². The summed E-state index contributed by atoms with van der Waals surface area (Å²) < 4.78 is 0. The van der Waals surface area contributed by atoms with Crippen molar-refractivity contribution in [1.82, 2.24) is 5.32 Å². The summed E-state index contributed by atoms with van der Waals surface area (Å²) in [6, 6.07) is 11.2. The molecule has 2 atom stereocenters. The normalized spacial score (nSPS) is 29.5. The number of rotatable bonds is 1. The van der Waals surface area contributed by atoms with Gasteiger partial charge in [-0.2, -0.15) is 0 Å². The molecule has 1 aromatic rings. The summed E-state index contributed by atoms with van der Waals surface area (Å²) in [5.74, 6) is 0.803. The van der Waals surface area contributed by atoms with Gasteiger partial charge in [0.2, 0.25) is 0 Å². The Morgan fingerprint density at radius 3 is 2.45 bits per heavy atom. The average molecular weight is 147 g/mol. The molecule has 1 heterocycles. The third-order valence-electron chi connectivity index (χ3n) is 2.39. The summed E-state index contributed by atoms with van der Waals surface area (Å²) in [6.45, 7) is 3.45. The largest absolute Gasteiger partial charge is 0.309 e. The van der Waals surface area contributed by atoms with Gasteiger partial charge in [-0.3, -0.25) is 0 Å². The van der Waals surface area contributed by atoms with E-state index in [-0.39, 0.29) is 0 Å². The first kappa shape index (κ1) is 6.86. The van der Waals surface area contributed by atoms with E-state index in [4.69, 9.17) is 0 Å². The molecule has 0 unspecified atom stereocenters. The first-order valence-electron chi connectivity index (χ1n) is 4.16. The molecule has 0 amide bonds. The minimum atomic E-state index is 0.608. The number of hydrogen-bond donors (Lipinski definition) is 1. The van der Waals surface area contributed by atoms with Crippen molar-refractivity contribution >= 4 is 0 Å². The van der Waals surface area contributed by atoms with Gasteiger partial charge in [0.05, 0.1) is 0 Å². The molecule has 1 aromatic carbocycles. The summed E-state index contributed by atoms with van der Waals surface area (Å²) in [7, 11) is 0. The number of benzene rings is 1. The van der Waals surface area contributed by atoms with Crippen molar-refractivity contribution in [2.75, 3.05) is 6.54 Å². The third-order valence-corrected chi connectivity index (χ3v) is 2.39. The van der Waals surface area contributed by atoms with Crippen LogP contribution in [0.25, 0.3) is 0 Å². The van der Waals surface area contributed by atoms with E-state index in [1.54, 1.807) is 0 Å². The summed E-state index contributed by atoms with van der Waals surface area (Å²) in [6.07, 6.45) is 0. The summed E-state index contributed by atoms with van der Waals surface area (Å²) in [5.41, 5.74) is 1.42. The zero-order valence-electron chi connectivity index (χ0n) is 6.75. The molecule has 2 rings (SSSR count). The van der Waals surface area contributed by atoms with E-state index in [0.717, 1.165) is 5.92 Å². The van der Waals surface area contributed by atoms with E-state index in [2.05, 4.69) is 42.6 Å². The molecule has 0 radical (unpaired) electrons. The quantitative estimate of drug-likeness (QED) is 0.640. The van der Waals surface area contributed by atoms with Crippen LogP contribution in [0.2, 0.25) is 0 Å². The SMILES string of the molecule is C[C@@H]1CN[C@@H]1c1ccccc1. The fourth-order valence-corrected chi connectivity index (χ4v) is 1.58. The van der Waals surface area contributed by atoms with Crippen LogP contribution in [0.5, 0.6) is 0 Å². The van der Waals surface area contributed by atoms with Gasteiger partial charge in [-0.15, -0.1) is 0 Å². The van der Waals surface area contributed by atoms with Crippen LogP contribution in [0.1, 0.15) is 18.5 Å². The highest BCUT2D eigenvalue weighted by Crippen LogP contribution is 2.27. The van der Waals surface area contributed by atoms with Crippen molar-refractivity contribution in [2.45, 2.75) is 13.0 Å². The molecule has 0 bridgehead atoms. The molecule has 0 aromatic heterocycles. The van der Waals surface area contributed by atoms with E-state index in [1.807, 2.05) is 0 Å². The van der Waals surface area contributed by atoms with E-state index >= 15 is 0 Å². The van der Waals surface area contributed by atoms with Gasteiger partial charge in [0, 0.05) is 12.6 Å². The van der Waals surface area contributed by atoms with E-state index < -0.39 is 0 Å². The van der Waals surface area contributed by atoms with Crippen LogP contribution < -0.4 is 5.32 Å². The highest BCUT2D eigenvalue weighted by molar-refractivity contribution is 5.21. The number of nitrogens with one attached hydrogen (secondary N) is 1. The topological polar surface area (TPSA) is 12.0 Å². The van der Waals surface area contributed by atoms with Crippen LogP contribution in [0.4, 0.5) is 0 Å². The Hall–Kier alpha value is -0.820. The zero-order chi connectivity index (χ0) is 7.68. The second-order valence-corrected chi connectivity index (χ2v) is 3.27. The molecule has 0 aliphatic carbocycles. The fourth-order valence-electron chi connectivity index (χ4n) is 1.58. The summed E-state index contributed by atoms with van der Waals surface area (Å²) in [4.78, 5) is 0. The Morgan fingerprint density at radius 2 is 2.00 bits per heavy atom.